The van der Waals surface area contributed by atoms with Crippen molar-refractivity contribution >= 4 is 11.6 Å². The molecule has 15 heavy (non-hydrogen) atoms. The van der Waals surface area contributed by atoms with Gasteiger partial charge in [-0.3, -0.25) is 4.79 Å². The molecule has 0 aliphatic rings. The lowest BCUT2D eigenvalue weighted by molar-refractivity contribution is -0.138. The van der Waals surface area contributed by atoms with Crippen molar-refractivity contribution in [2.45, 2.75) is 12.6 Å². The molecule has 0 aromatic carbocycles. The summed E-state index contributed by atoms with van der Waals surface area (Å²) in [4.78, 5) is 12.3. The quantitative estimate of drug-likeness (QED) is 0.601. The molecule has 0 aliphatic heterocycles. The number of H-pyrrole nitrogens is 1. The van der Waals surface area contributed by atoms with Gasteiger partial charge >= 0.3 is 6.18 Å². The van der Waals surface area contributed by atoms with Gasteiger partial charge in [-0.15, -0.1) is 0 Å². The molecule has 0 fully saturated rings. The Hall–Kier alpha value is -1.11. The standard InChI is InChI=1S/C7H3ClF5NO/c8-4-2(5(9)10)1-3(6(15)14-4)7(11,12)13/h1,5H,(H,14,15). The summed E-state index contributed by atoms with van der Waals surface area (Å²) in [6, 6.07) is 0.0475. The van der Waals surface area contributed by atoms with Crippen LogP contribution in [0.5, 0.6) is 0 Å². The van der Waals surface area contributed by atoms with Crippen molar-refractivity contribution in [3.8, 4) is 0 Å². The molecule has 0 saturated heterocycles. The SMILES string of the molecule is O=c1[nH]c(Cl)c(C(F)F)cc1C(F)(F)F. The molecule has 0 radical (unpaired) electrons. The zero-order valence-electron chi connectivity index (χ0n) is 6.83. The normalized spacial score (nSPS) is 12.2. The molecule has 0 bridgehead atoms. The van der Waals surface area contributed by atoms with Gasteiger partial charge in [0.25, 0.3) is 12.0 Å². The van der Waals surface area contributed by atoms with E-state index in [4.69, 9.17) is 11.6 Å². The first kappa shape index (κ1) is 12.0. The van der Waals surface area contributed by atoms with Crippen LogP contribution < -0.4 is 5.56 Å². The molecule has 0 saturated carbocycles. The van der Waals surface area contributed by atoms with E-state index in [2.05, 4.69) is 0 Å². The molecule has 1 rings (SSSR count). The molecule has 1 heterocycles. The number of hydrogen-bond acceptors (Lipinski definition) is 1. The Morgan fingerprint density at radius 3 is 2.27 bits per heavy atom. The van der Waals surface area contributed by atoms with Gasteiger partial charge in [0.1, 0.15) is 10.7 Å². The van der Waals surface area contributed by atoms with Crippen molar-refractivity contribution in [3.05, 3.63) is 32.7 Å². The fourth-order valence-corrected chi connectivity index (χ4v) is 1.12. The van der Waals surface area contributed by atoms with Gasteiger partial charge in [0.15, 0.2) is 0 Å². The van der Waals surface area contributed by atoms with Crippen LogP contribution in [0.4, 0.5) is 22.0 Å². The molecule has 0 aliphatic carbocycles. The molecule has 2 nitrogen and oxygen atoms in total. The minimum atomic E-state index is -4.98. The molecule has 0 spiro atoms. The van der Waals surface area contributed by atoms with E-state index >= 15 is 0 Å². The van der Waals surface area contributed by atoms with E-state index < -0.39 is 34.4 Å². The molecule has 0 unspecified atom stereocenters. The van der Waals surface area contributed by atoms with Crippen molar-refractivity contribution in [3.63, 3.8) is 0 Å². The lowest BCUT2D eigenvalue weighted by Crippen LogP contribution is -2.22. The fraction of sp³-hybridized carbons (Fsp3) is 0.286. The summed E-state index contributed by atoms with van der Waals surface area (Å²) in [6.07, 6.45) is -8.17. The molecule has 0 amide bonds. The van der Waals surface area contributed by atoms with Gasteiger partial charge in [0.2, 0.25) is 0 Å². The van der Waals surface area contributed by atoms with Gasteiger partial charge in [-0.2, -0.15) is 13.2 Å². The second kappa shape index (κ2) is 3.80. The fourth-order valence-electron chi connectivity index (χ4n) is 0.893. The molecule has 1 aromatic rings. The highest BCUT2D eigenvalue weighted by molar-refractivity contribution is 6.30. The number of pyridine rings is 1. The van der Waals surface area contributed by atoms with E-state index in [1.165, 1.54) is 4.98 Å². The first-order valence-electron chi connectivity index (χ1n) is 3.51. The number of aromatic amines is 1. The third-order valence-corrected chi connectivity index (χ3v) is 1.87. The summed E-state index contributed by atoms with van der Waals surface area (Å²) >= 11 is 5.14. The summed E-state index contributed by atoms with van der Waals surface area (Å²) in [6.45, 7) is 0. The Bertz CT molecular complexity index is 424. The highest BCUT2D eigenvalue weighted by Gasteiger charge is 2.35. The minimum Gasteiger partial charge on any atom is -0.312 e. The van der Waals surface area contributed by atoms with Crippen LogP contribution in [0, 0.1) is 0 Å². The van der Waals surface area contributed by atoms with E-state index in [0.29, 0.717) is 0 Å². The first-order chi connectivity index (χ1) is 6.73. The van der Waals surface area contributed by atoms with Crippen molar-refractivity contribution < 1.29 is 22.0 Å². The molecule has 1 N–H and O–H groups in total. The van der Waals surface area contributed by atoms with Crippen molar-refractivity contribution in [1.82, 2.24) is 4.98 Å². The summed E-state index contributed by atoms with van der Waals surface area (Å²) in [5.74, 6) is 0. The van der Waals surface area contributed by atoms with Crippen LogP contribution in [0.3, 0.4) is 0 Å². The van der Waals surface area contributed by atoms with Gasteiger partial charge in [-0.25, -0.2) is 8.78 Å². The molecular weight excluding hydrogens is 245 g/mol. The second-order valence-electron chi connectivity index (χ2n) is 2.58. The third-order valence-electron chi connectivity index (χ3n) is 1.56. The number of rotatable bonds is 1. The number of alkyl halides is 5. The maximum atomic E-state index is 12.2. The van der Waals surface area contributed by atoms with Gasteiger partial charge in [0, 0.05) is 0 Å². The van der Waals surface area contributed by atoms with Gasteiger partial charge in [0.05, 0.1) is 5.56 Å². The summed E-state index contributed by atoms with van der Waals surface area (Å²) in [5, 5.41) is -0.789. The molecule has 1 aromatic heterocycles. The van der Waals surface area contributed by atoms with Crippen molar-refractivity contribution in [1.29, 1.82) is 0 Å². The number of halogens is 6. The van der Waals surface area contributed by atoms with E-state index in [0.717, 1.165) is 0 Å². The zero-order chi connectivity index (χ0) is 11.8. The largest absolute Gasteiger partial charge is 0.421 e. The van der Waals surface area contributed by atoms with Crippen LogP contribution in [0.2, 0.25) is 5.15 Å². The Morgan fingerprint density at radius 2 is 1.87 bits per heavy atom. The van der Waals surface area contributed by atoms with E-state index in [1.807, 2.05) is 0 Å². The zero-order valence-corrected chi connectivity index (χ0v) is 7.59. The van der Waals surface area contributed by atoms with Gasteiger partial charge in [-0.1, -0.05) is 11.6 Å². The smallest absolute Gasteiger partial charge is 0.312 e. The van der Waals surface area contributed by atoms with Gasteiger partial charge < -0.3 is 4.98 Å². The number of hydrogen-bond donors (Lipinski definition) is 1. The lowest BCUT2D eigenvalue weighted by Gasteiger charge is -2.08. The predicted molar refractivity (Wildman–Crippen MR) is 42.0 cm³/mol. The minimum absolute atomic E-state index is 0.0475. The maximum Gasteiger partial charge on any atom is 0.421 e. The lowest BCUT2D eigenvalue weighted by atomic mass is 10.2. The summed E-state index contributed by atoms with van der Waals surface area (Å²) in [5.41, 5.74) is -4.29. The molecule has 84 valence electrons. The van der Waals surface area contributed by atoms with Crippen LogP contribution in [-0.4, -0.2) is 4.98 Å². The molecular formula is C7H3ClF5NO. The molecule has 0 atom stereocenters. The Morgan fingerprint density at radius 1 is 1.33 bits per heavy atom. The summed E-state index contributed by atoms with van der Waals surface area (Å²) < 4.78 is 60.7. The Kier molecular flexibility index (Phi) is 3.03. The van der Waals surface area contributed by atoms with Crippen LogP contribution >= 0.6 is 11.6 Å². The summed E-state index contributed by atoms with van der Waals surface area (Å²) in [7, 11) is 0. The topological polar surface area (TPSA) is 32.9 Å². The Balaban J connectivity index is 3.44. The highest BCUT2D eigenvalue weighted by Crippen LogP contribution is 2.31. The third kappa shape index (κ3) is 2.47. The van der Waals surface area contributed by atoms with Crippen LogP contribution in [0.1, 0.15) is 17.6 Å². The average molecular weight is 248 g/mol. The predicted octanol–water partition coefficient (Wildman–Crippen LogP) is 2.98. The molecule has 8 heteroatoms. The van der Waals surface area contributed by atoms with E-state index in [1.54, 1.807) is 0 Å². The van der Waals surface area contributed by atoms with Crippen molar-refractivity contribution in [2.75, 3.05) is 0 Å². The average Bonchev–Trinajstić information content (AvgIpc) is 2.00. The van der Waals surface area contributed by atoms with Crippen LogP contribution in [0.15, 0.2) is 10.9 Å². The number of aromatic nitrogens is 1. The number of nitrogens with one attached hydrogen (secondary N) is 1. The monoisotopic (exact) mass is 247 g/mol. The van der Waals surface area contributed by atoms with Crippen LogP contribution in [0.25, 0.3) is 0 Å². The van der Waals surface area contributed by atoms with Crippen LogP contribution in [-0.2, 0) is 6.18 Å². The Labute approximate surface area is 84.7 Å². The van der Waals surface area contributed by atoms with E-state index in [-0.39, 0.29) is 6.07 Å². The van der Waals surface area contributed by atoms with Crippen molar-refractivity contribution in [2.24, 2.45) is 0 Å². The second-order valence-corrected chi connectivity index (χ2v) is 2.96. The van der Waals surface area contributed by atoms with E-state index in [9.17, 15) is 26.7 Å². The highest BCUT2D eigenvalue weighted by atomic mass is 35.5. The van der Waals surface area contributed by atoms with Gasteiger partial charge in [-0.05, 0) is 6.07 Å². The first-order valence-corrected chi connectivity index (χ1v) is 3.89. The maximum absolute atomic E-state index is 12.2.